The van der Waals surface area contributed by atoms with E-state index in [2.05, 4.69) is 27.4 Å². The molecule has 3 rings (SSSR count). The smallest absolute Gasteiger partial charge is 0.0920 e. The molecule has 0 aromatic heterocycles. The normalized spacial score (nSPS) is 50.2. The third-order valence-electron chi connectivity index (χ3n) is 5.47. The summed E-state index contributed by atoms with van der Waals surface area (Å²) >= 11 is 0. The van der Waals surface area contributed by atoms with Gasteiger partial charge in [0.15, 0.2) is 0 Å². The molecule has 0 radical (unpaired) electrons. The van der Waals surface area contributed by atoms with Crippen molar-refractivity contribution in [2.75, 3.05) is 0 Å². The first-order valence-electron chi connectivity index (χ1n) is 6.78. The monoisotopic (exact) mass is 220 g/mol. The number of hydrogen-bond acceptors (Lipinski definition) is 1. The van der Waals surface area contributed by atoms with Crippen molar-refractivity contribution in [3.05, 3.63) is 12.2 Å². The Morgan fingerprint density at radius 2 is 2.00 bits per heavy atom. The van der Waals surface area contributed by atoms with Gasteiger partial charge in [-0.15, -0.1) is 0 Å². The predicted octanol–water partition coefficient (Wildman–Crippen LogP) is 3.94. The lowest BCUT2D eigenvalue weighted by Crippen LogP contribution is -2.44. The average Bonchev–Trinajstić information content (AvgIpc) is 2.82. The number of ether oxygens (including phenoxy) is 1. The summed E-state index contributed by atoms with van der Waals surface area (Å²) in [6, 6.07) is 0. The average molecular weight is 220 g/mol. The Labute approximate surface area is 99.3 Å². The molecule has 4 atom stereocenters. The van der Waals surface area contributed by atoms with Crippen LogP contribution in [0.15, 0.2) is 12.2 Å². The van der Waals surface area contributed by atoms with Crippen LogP contribution >= 0.6 is 0 Å². The quantitative estimate of drug-likeness (QED) is 0.445. The first-order chi connectivity index (χ1) is 7.42. The zero-order chi connectivity index (χ0) is 11.6. The van der Waals surface area contributed by atoms with Crippen molar-refractivity contribution in [1.29, 1.82) is 0 Å². The second-order valence-electron chi connectivity index (χ2n) is 7.06. The first-order valence-corrected chi connectivity index (χ1v) is 6.78. The molecule has 1 aliphatic heterocycles. The highest BCUT2D eigenvalue weighted by Crippen LogP contribution is 2.59. The highest BCUT2D eigenvalue weighted by atomic mass is 16.6. The van der Waals surface area contributed by atoms with Crippen LogP contribution in [0.5, 0.6) is 0 Å². The van der Waals surface area contributed by atoms with Crippen LogP contribution in [0.2, 0.25) is 0 Å². The summed E-state index contributed by atoms with van der Waals surface area (Å²) in [6.45, 7) is 11.5. The lowest BCUT2D eigenvalue weighted by Gasteiger charge is -2.53. The van der Waals surface area contributed by atoms with Gasteiger partial charge in [-0.05, 0) is 56.3 Å². The molecule has 3 fully saturated rings. The Morgan fingerprint density at radius 3 is 2.69 bits per heavy atom. The Balaban J connectivity index is 1.78. The topological polar surface area (TPSA) is 12.5 Å². The van der Waals surface area contributed by atoms with Crippen LogP contribution in [0.4, 0.5) is 0 Å². The Morgan fingerprint density at radius 1 is 1.25 bits per heavy atom. The number of hydrogen-bond donors (Lipinski definition) is 0. The maximum absolute atomic E-state index is 5.86. The van der Waals surface area contributed by atoms with Gasteiger partial charge in [0.1, 0.15) is 0 Å². The molecule has 0 unspecified atom stereocenters. The van der Waals surface area contributed by atoms with E-state index < -0.39 is 0 Å². The fraction of sp³-hybridized carbons (Fsp3) is 0.867. The minimum Gasteiger partial charge on any atom is -0.366 e. The molecule has 90 valence electrons. The molecule has 0 aromatic rings. The first kappa shape index (κ1) is 10.8. The van der Waals surface area contributed by atoms with Crippen molar-refractivity contribution in [2.24, 2.45) is 17.3 Å². The van der Waals surface area contributed by atoms with E-state index in [1.54, 1.807) is 0 Å². The third kappa shape index (κ3) is 1.48. The van der Waals surface area contributed by atoms with Gasteiger partial charge in [-0.25, -0.2) is 0 Å². The van der Waals surface area contributed by atoms with Crippen LogP contribution in [0, 0.1) is 17.3 Å². The second kappa shape index (κ2) is 3.13. The van der Waals surface area contributed by atoms with E-state index >= 15 is 0 Å². The number of rotatable bonds is 0. The summed E-state index contributed by atoms with van der Waals surface area (Å²) in [5, 5.41) is 0. The van der Waals surface area contributed by atoms with Gasteiger partial charge in [0.05, 0.1) is 11.7 Å². The van der Waals surface area contributed by atoms with E-state index in [9.17, 15) is 0 Å². The molecular weight excluding hydrogens is 196 g/mol. The molecular formula is C15H24O. The lowest BCUT2D eigenvalue weighted by molar-refractivity contribution is -0.00211. The van der Waals surface area contributed by atoms with Crippen LogP contribution in [0.3, 0.4) is 0 Å². The number of epoxide rings is 1. The summed E-state index contributed by atoms with van der Waals surface area (Å²) in [5.41, 5.74) is 2.27. The molecule has 1 heteroatoms. The van der Waals surface area contributed by atoms with Gasteiger partial charge in [0, 0.05) is 0 Å². The van der Waals surface area contributed by atoms with Crippen LogP contribution in [-0.4, -0.2) is 11.7 Å². The van der Waals surface area contributed by atoms with Gasteiger partial charge in [-0.1, -0.05) is 26.0 Å². The fourth-order valence-electron chi connectivity index (χ4n) is 4.08. The van der Waals surface area contributed by atoms with E-state index in [4.69, 9.17) is 4.74 Å². The highest BCUT2D eigenvalue weighted by Gasteiger charge is 2.55. The minimum absolute atomic E-state index is 0.223. The predicted molar refractivity (Wildman–Crippen MR) is 66.3 cm³/mol. The molecule has 2 saturated carbocycles. The number of allylic oxidation sites excluding steroid dienone is 1. The van der Waals surface area contributed by atoms with E-state index in [0.717, 1.165) is 11.8 Å². The van der Waals surface area contributed by atoms with Gasteiger partial charge in [0.25, 0.3) is 0 Å². The third-order valence-corrected chi connectivity index (χ3v) is 5.47. The molecule has 0 spiro atoms. The Kier molecular flexibility index (Phi) is 2.12. The molecule has 1 saturated heterocycles. The highest BCUT2D eigenvalue weighted by molar-refractivity contribution is 5.16. The van der Waals surface area contributed by atoms with Gasteiger partial charge >= 0.3 is 0 Å². The van der Waals surface area contributed by atoms with Crippen molar-refractivity contribution in [3.8, 4) is 0 Å². The minimum atomic E-state index is 0.223. The molecule has 1 nitrogen and oxygen atoms in total. The second-order valence-corrected chi connectivity index (χ2v) is 7.06. The van der Waals surface area contributed by atoms with Crippen LogP contribution in [0.1, 0.15) is 52.9 Å². The van der Waals surface area contributed by atoms with Gasteiger partial charge in [-0.3, -0.25) is 0 Å². The van der Waals surface area contributed by atoms with Crippen molar-refractivity contribution in [2.45, 2.75) is 64.6 Å². The van der Waals surface area contributed by atoms with E-state index in [1.165, 1.54) is 37.7 Å². The van der Waals surface area contributed by atoms with Crippen LogP contribution in [-0.2, 0) is 4.74 Å². The van der Waals surface area contributed by atoms with E-state index in [-0.39, 0.29) is 5.60 Å². The summed E-state index contributed by atoms with van der Waals surface area (Å²) in [6.07, 6.45) is 6.89. The van der Waals surface area contributed by atoms with Gasteiger partial charge in [-0.2, -0.15) is 0 Å². The fourth-order valence-corrected chi connectivity index (χ4v) is 4.08. The van der Waals surface area contributed by atoms with Crippen molar-refractivity contribution in [1.82, 2.24) is 0 Å². The van der Waals surface area contributed by atoms with Crippen molar-refractivity contribution in [3.63, 3.8) is 0 Å². The lowest BCUT2D eigenvalue weighted by atomic mass is 9.52. The summed E-state index contributed by atoms with van der Waals surface area (Å²) in [4.78, 5) is 0. The largest absolute Gasteiger partial charge is 0.366 e. The van der Waals surface area contributed by atoms with E-state index in [1.807, 2.05) is 0 Å². The zero-order valence-corrected chi connectivity index (χ0v) is 10.9. The Hall–Kier alpha value is -0.300. The SMILES string of the molecule is C=C1CC[C@H]2O[C@@]2(C)CC[C@H]2[C@H]1CC2(C)C. The standard InChI is InChI=1S/C15H24O/c1-10-5-6-13-15(4,16-13)8-7-12-11(10)9-14(12,2)3/h11-13H,1,5-9H2,2-4H3/t11-,12-,13+,15-/m0/s1. The summed E-state index contributed by atoms with van der Waals surface area (Å²) < 4.78 is 5.86. The van der Waals surface area contributed by atoms with Crippen molar-refractivity contribution >= 4 is 0 Å². The Bertz CT molecular complexity index is 330. The van der Waals surface area contributed by atoms with Crippen LogP contribution < -0.4 is 0 Å². The summed E-state index contributed by atoms with van der Waals surface area (Å²) in [7, 11) is 0. The molecule has 1 heterocycles. The number of fused-ring (bicyclic) bond motifs is 2. The molecule has 16 heavy (non-hydrogen) atoms. The molecule has 2 aliphatic carbocycles. The van der Waals surface area contributed by atoms with Gasteiger partial charge < -0.3 is 4.74 Å². The van der Waals surface area contributed by atoms with Gasteiger partial charge in [0.2, 0.25) is 0 Å². The molecule has 0 bridgehead atoms. The van der Waals surface area contributed by atoms with Crippen molar-refractivity contribution < 1.29 is 4.74 Å². The molecule has 0 amide bonds. The molecule has 0 aromatic carbocycles. The van der Waals surface area contributed by atoms with E-state index in [0.29, 0.717) is 11.5 Å². The molecule has 0 N–H and O–H groups in total. The van der Waals surface area contributed by atoms with Crippen LogP contribution in [0.25, 0.3) is 0 Å². The zero-order valence-electron chi connectivity index (χ0n) is 10.9. The molecule has 3 aliphatic rings. The maximum Gasteiger partial charge on any atom is 0.0920 e. The summed E-state index contributed by atoms with van der Waals surface area (Å²) in [5.74, 6) is 1.68. The maximum atomic E-state index is 5.86.